The van der Waals surface area contributed by atoms with Gasteiger partial charge in [0.25, 0.3) is 5.56 Å². The van der Waals surface area contributed by atoms with Crippen molar-refractivity contribution in [3.63, 3.8) is 0 Å². The van der Waals surface area contributed by atoms with Gasteiger partial charge in [0, 0.05) is 17.5 Å². The highest BCUT2D eigenvalue weighted by Crippen LogP contribution is 2.13. The molecule has 17 heavy (non-hydrogen) atoms. The average molecular weight is 256 g/mol. The minimum atomic E-state index is -0.376. The van der Waals surface area contributed by atoms with Gasteiger partial charge in [0.05, 0.1) is 6.04 Å². The third-order valence-electron chi connectivity index (χ3n) is 2.19. The lowest BCUT2D eigenvalue weighted by Gasteiger charge is -2.10. The van der Waals surface area contributed by atoms with Crippen LogP contribution in [0.3, 0.4) is 0 Å². The molecule has 1 heterocycles. The fourth-order valence-electron chi connectivity index (χ4n) is 1.32. The van der Waals surface area contributed by atoms with E-state index in [2.05, 4.69) is 15.3 Å². The predicted octanol–water partition coefficient (Wildman–Crippen LogP) is -0.366. The smallest absolute Gasteiger partial charge is 0.251 e. The van der Waals surface area contributed by atoms with Crippen molar-refractivity contribution in [2.24, 2.45) is 5.73 Å². The number of carbonyl (C=O) groups is 1. The molecule has 4 N–H and O–H groups in total. The van der Waals surface area contributed by atoms with E-state index in [0.29, 0.717) is 23.0 Å². The number of hydrogen-bond donors (Lipinski definition) is 3. The van der Waals surface area contributed by atoms with Gasteiger partial charge in [0.2, 0.25) is 5.91 Å². The molecule has 1 aromatic rings. The van der Waals surface area contributed by atoms with Gasteiger partial charge in [-0.1, -0.05) is 11.8 Å². The summed E-state index contributed by atoms with van der Waals surface area (Å²) in [6, 6.07) is 1.09. The van der Waals surface area contributed by atoms with Gasteiger partial charge in [-0.3, -0.25) is 9.59 Å². The Hall–Kier alpha value is -1.34. The second-order valence-corrected chi connectivity index (χ2v) is 4.66. The van der Waals surface area contributed by atoms with E-state index in [1.54, 1.807) is 14.0 Å². The first-order valence-corrected chi connectivity index (χ1v) is 6.19. The fourth-order valence-corrected chi connectivity index (χ4v) is 2.25. The van der Waals surface area contributed by atoms with Crippen molar-refractivity contribution < 1.29 is 4.79 Å². The molecule has 0 saturated heterocycles. The minimum Gasteiger partial charge on any atom is -0.368 e. The molecule has 1 aromatic heterocycles. The Morgan fingerprint density at radius 3 is 2.94 bits per heavy atom. The molecule has 1 atom stereocenters. The van der Waals surface area contributed by atoms with Crippen LogP contribution in [0.15, 0.2) is 16.0 Å². The molecule has 0 fully saturated rings. The lowest BCUT2D eigenvalue weighted by Crippen LogP contribution is -2.39. The number of aromatic amines is 1. The van der Waals surface area contributed by atoms with Crippen LogP contribution in [0.2, 0.25) is 0 Å². The molecule has 1 unspecified atom stereocenters. The molecule has 0 aliphatic rings. The van der Waals surface area contributed by atoms with Gasteiger partial charge in [-0.15, -0.1) is 0 Å². The molecule has 0 aliphatic heterocycles. The van der Waals surface area contributed by atoms with Crippen LogP contribution < -0.4 is 16.6 Å². The fraction of sp³-hybridized carbons (Fsp3) is 0.500. The molecule has 1 rings (SSSR count). The number of aryl methyl sites for hydroxylation is 1. The van der Waals surface area contributed by atoms with E-state index >= 15 is 0 Å². The van der Waals surface area contributed by atoms with Gasteiger partial charge in [0.1, 0.15) is 0 Å². The third-order valence-corrected chi connectivity index (χ3v) is 3.09. The SMILES string of the molecule is CNC(CCSc1nc(C)cc(=O)[nH]1)C(N)=O. The minimum absolute atomic E-state index is 0.167. The summed E-state index contributed by atoms with van der Waals surface area (Å²) in [5.74, 6) is 0.277. The highest BCUT2D eigenvalue weighted by molar-refractivity contribution is 7.99. The summed E-state index contributed by atoms with van der Waals surface area (Å²) in [6.45, 7) is 1.76. The Balaban J connectivity index is 2.50. The summed E-state index contributed by atoms with van der Waals surface area (Å²) in [5, 5.41) is 3.39. The number of aromatic nitrogens is 2. The Labute approximate surface area is 103 Å². The predicted molar refractivity (Wildman–Crippen MR) is 67.0 cm³/mol. The molecule has 0 bridgehead atoms. The van der Waals surface area contributed by atoms with Crippen LogP contribution in [0.4, 0.5) is 0 Å². The average Bonchev–Trinajstić information content (AvgIpc) is 2.22. The standard InChI is InChI=1S/C10H16N4O2S/c1-6-5-8(15)14-10(13-6)17-4-3-7(12-2)9(11)16/h5,7,12H,3-4H2,1-2H3,(H2,11,16)(H,13,14,15). The number of nitrogens with zero attached hydrogens (tertiary/aromatic N) is 1. The number of H-pyrrole nitrogens is 1. The number of likely N-dealkylation sites (N-methyl/N-ethyl adjacent to an activating group) is 1. The normalized spacial score (nSPS) is 12.4. The molecule has 1 amide bonds. The highest BCUT2D eigenvalue weighted by Gasteiger charge is 2.12. The van der Waals surface area contributed by atoms with E-state index in [1.165, 1.54) is 17.8 Å². The van der Waals surface area contributed by atoms with E-state index in [9.17, 15) is 9.59 Å². The number of primary amides is 1. The Bertz CT molecular complexity index is 446. The molecule has 94 valence electrons. The summed E-state index contributed by atoms with van der Waals surface area (Å²) in [5.41, 5.74) is 5.70. The van der Waals surface area contributed by atoms with Gasteiger partial charge < -0.3 is 16.0 Å². The summed E-state index contributed by atoms with van der Waals surface area (Å²) < 4.78 is 0. The van der Waals surface area contributed by atoms with E-state index in [0.717, 1.165) is 0 Å². The molecule has 0 saturated carbocycles. The van der Waals surface area contributed by atoms with Crippen LogP contribution >= 0.6 is 11.8 Å². The number of rotatable bonds is 6. The summed E-state index contributed by atoms with van der Waals surface area (Å²) in [4.78, 5) is 28.9. The summed E-state index contributed by atoms with van der Waals surface area (Å²) >= 11 is 1.40. The van der Waals surface area contributed by atoms with E-state index < -0.39 is 0 Å². The third kappa shape index (κ3) is 4.58. The number of carbonyl (C=O) groups excluding carboxylic acids is 1. The van der Waals surface area contributed by atoms with Crippen molar-refractivity contribution in [1.82, 2.24) is 15.3 Å². The maximum absolute atomic E-state index is 11.2. The Morgan fingerprint density at radius 1 is 1.71 bits per heavy atom. The molecule has 0 radical (unpaired) electrons. The monoisotopic (exact) mass is 256 g/mol. The van der Waals surface area contributed by atoms with Crippen molar-refractivity contribution in [2.75, 3.05) is 12.8 Å². The number of nitrogens with two attached hydrogens (primary N) is 1. The maximum atomic E-state index is 11.2. The highest BCUT2D eigenvalue weighted by atomic mass is 32.2. The number of amides is 1. The van der Waals surface area contributed by atoms with Crippen LogP contribution in [-0.4, -0.2) is 34.7 Å². The lowest BCUT2D eigenvalue weighted by atomic mass is 10.2. The van der Waals surface area contributed by atoms with Crippen LogP contribution in [-0.2, 0) is 4.79 Å². The van der Waals surface area contributed by atoms with E-state index in [-0.39, 0.29) is 17.5 Å². The van der Waals surface area contributed by atoms with E-state index in [4.69, 9.17) is 5.73 Å². The maximum Gasteiger partial charge on any atom is 0.251 e. The van der Waals surface area contributed by atoms with Crippen LogP contribution in [0.25, 0.3) is 0 Å². The molecular weight excluding hydrogens is 240 g/mol. The first-order chi connectivity index (χ1) is 8.02. The van der Waals surface area contributed by atoms with Crippen molar-refractivity contribution >= 4 is 17.7 Å². The first-order valence-electron chi connectivity index (χ1n) is 5.20. The van der Waals surface area contributed by atoms with Gasteiger partial charge in [-0.05, 0) is 20.4 Å². The Kier molecular flexibility index (Phi) is 5.17. The molecule has 6 nitrogen and oxygen atoms in total. The second-order valence-electron chi connectivity index (χ2n) is 3.57. The van der Waals surface area contributed by atoms with E-state index in [1.807, 2.05) is 0 Å². The Morgan fingerprint density at radius 2 is 2.41 bits per heavy atom. The van der Waals surface area contributed by atoms with Gasteiger partial charge in [0.15, 0.2) is 5.16 Å². The van der Waals surface area contributed by atoms with Crippen molar-refractivity contribution in [1.29, 1.82) is 0 Å². The van der Waals surface area contributed by atoms with Gasteiger partial charge in [-0.2, -0.15) is 0 Å². The van der Waals surface area contributed by atoms with Crippen molar-refractivity contribution in [3.05, 3.63) is 22.1 Å². The second kappa shape index (κ2) is 6.41. The summed E-state index contributed by atoms with van der Waals surface area (Å²) in [6.07, 6.45) is 0.591. The molecule has 0 aliphatic carbocycles. The molecular formula is C10H16N4O2S. The molecule has 7 heteroatoms. The molecule has 0 aromatic carbocycles. The zero-order valence-electron chi connectivity index (χ0n) is 9.82. The number of nitrogens with one attached hydrogen (secondary N) is 2. The molecule has 0 spiro atoms. The van der Waals surface area contributed by atoms with Gasteiger partial charge >= 0.3 is 0 Å². The zero-order valence-corrected chi connectivity index (χ0v) is 10.6. The van der Waals surface area contributed by atoms with Crippen LogP contribution in [0.1, 0.15) is 12.1 Å². The largest absolute Gasteiger partial charge is 0.368 e. The zero-order chi connectivity index (χ0) is 12.8. The van der Waals surface area contributed by atoms with Crippen LogP contribution in [0, 0.1) is 6.92 Å². The topological polar surface area (TPSA) is 101 Å². The van der Waals surface area contributed by atoms with Crippen molar-refractivity contribution in [3.8, 4) is 0 Å². The summed E-state index contributed by atoms with van der Waals surface area (Å²) in [7, 11) is 1.69. The lowest BCUT2D eigenvalue weighted by molar-refractivity contribution is -0.119. The van der Waals surface area contributed by atoms with Crippen LogP contribution in [0.5, 0.6) is 0 Å². The van der Waals surface area contributed by atoms with Gasteiger partial charge in [-0.25, -0.2) is 4.98 Å². The quantitative estimate of drug-likeness (QED) is 0.476. The number of thioether (sulfide) groups is 1. The first kappa shape index (κ1) is 13.7. The number of hydrogen-bond acceptors (Lipinski definition) is 5. The van der Waals surface area contributed by atoms with Crippen molar-refractivity contribution in [2.45, 2.75) is 24.5 Å².